The van der Waals surface area contributed by atoms with Crippen molar-refractivity contribution < 1.29 is 4.74 Å². The topological polar surface area (TPSA) is 46.0 Å². The third-order valence-corrected chi connectivity index (χ3v) is 1.53. The Morgan fingerprint density at radius 2 is 2.50 bits per heavy atom. The average molecular weight is 134 g/mol. The molecule has 0 aromatic carbocycles. The first-order valence-electron chi connectivity index (χ1n) is 3.02. The van der Waals surface area contributed by atoms with Gasteiger partial charge in [-0.15, -0.1) is 0 Å². The van der Waals surface area contributed by atoms with Crippen molar-refractivity contribution >= 4 is 5.90 Å². The van der Waals surface area contributed by atoms with Crippen molar-refractivity contribution in [3.8, 4) is 0 Å². The molecule has 0 aliphatic carbocycles. The number of fused-ring (bicyclic) bond motifs is 1. The van der Waals surface area contributed by atoms with Crippen LogP contribution in [0.5, 0.6) is 0 Å². The van der Waals surface area contributed by atoms with Gasteiger partial charge in [0.2, 0.25) is 5.90 Å². The summed E-state index contributed by atoms with van der Waals surface area (Å²) in [6.07, 6.45) is 3.37. The highest BCUT2D eigenvalue weighted by Crippen LogP contribution is 2.16. The van der Waals surface area contributed by atoms with Crippen molar-refractivity contribution in [2.75, 3.05) is 0 Å². The summed E-state index contributed by atoms with van der Waals surface area (Å²) in [7, 11) is 0. The van der Waals surface area contributed by atoms with Crippen LogP contribution in [-0.4, -0.2) is 10.9 Å². The van der Waals surface area contributed by atoms with Gasteiger partial charge in [0.1, 0.15) is 6.61 Å². The van der Waals surface area contributed by atoms with Crippen LogP contribution in [0, 0.1) is 5.41 Å². The van der Waals surface area contributed by atoms with Crippen molar-refractivity contribution in [2.24, 2.45) is 0 Å². The van der Waals surface area contributed by atoms with Crippen molar-refractivity contribution in [1.29, 1.82) is 5.41 Å². The second kappa shape index (κ2) is 1.80. The first-order valence-corrected chi connectivity index (χ1v) is 3.02. The average Bonchev–Trinajstić information content (AvgIpc) is 2.34. The molecule has 0 spiro atoms. The molecule has 3 nitrogen and oxygen atoms in total. The van der Waals surface area contributed by atoms with Crippen LogP contribution in [0.1, 0.15) is 11.1 Å². The molecule has 0 radical (unpaired) electrons. The Kier molecular flexibility index (Phi) is 0.974. The fourth-order valence-electron chi connectivity index (χ4n) is 0.981. The van der Waals surface area contributed by atoms with Crippen molar-refractivity contribution in [3.63, 3.8) is 0 Å². The molecule has 2 heterocycles. The van der Waals surface area contributed by atoms with Gasteiger partial charge in [0.25, 0.3) is 0 Å². The maximum Gasteiger partial charge on any atom is 0.215 e. The van der Waals surface area contributed by atoms with Gasteiger partial charge in [-0.3, -0.25) is 10.4 Å². The van der Waals surface area contributed by atoms with Gasteiger partial charge >= 0.3 is 0 Å². The minimum absolute atomic E-state index is 0.239. The molecule has 0 unspecified atom stereocenters. The molecule has 2 rings (SSSR count). The van der Waals surface area contributed by atoms with E-state index in [2.05, 4.69) is 4.98 Å². The Morgan fingerprint density at radius 1 is 1.60 bits per heavy atom. The van der Waals surface area contributed by atoms with Gasteiger partial charge in [-0.25, -0.2) is 0 Å². The van der Waals surface area contributed by atoms with Crippen LogP contribution in [0.25, 0.3) is 0 Å². The third kappa shape index (κ3) is 0.603. The van der Waals surface area contributed by atoms with Crippen molar-refractivity contribution in [3.05, 3.63) is 29.6 Å². The van der Waals surface area contributed by atoms with Gasteiger partial charge < -0.3 is 4.74 Å². The molecule has 0 fully saturated rings. The Morgan fingerprint density at radius 3 is 3.30 bits per heavy atom. The SMILES string of the molecule is N=C1OCc2ccncc21. The molecule has 0 saturated carbocycles. The highest BCUT2D eigenvalue weighted by atomic mass is 16.5. The molecule has 1 N–H and O–H groups in total. The summed E-state index contributed by atoms with van der Waals surface area (Å²) in [6.45, 7) is 0.524. The lowest BCUT2D eigenvalue weighted by Gasteiger charge is -1.89. The van der Waals surface area contributed by atoms with E-state index in [0.717, 1.165) is 11.1 Å². The van der Waals surface area contributed by atoms with Crippen LogP contribution in [0.2, 0.25) is 0 Å². The van der Waals surface area contributed by atoms with E-state index in [-0.39, 0.29) is 5.90 Å². The monoisotopic (exact) mass is 134 g/mol. The lowest BCUT2D eigenvalue weighted by molar-refractivity contribution is 0.310. The second-order valence-corrected chi connectivity index (χ2v) is 2.15. The van der Waals surface area contributed by atoms with Crippen LogP contribution < -0.4 is 0 Å². The highest BCUT2D eigenvalue weighted by Gasteiger charge is 2.16. The number of nitrogens with one attached hydrogen (secondary N) is 1. The van der Waals surface area contributed by atoms with E-state index in [1.54, 1.807) is 12.4 Å². The molecule has 1 aliphatic rings. The lowest BCUT2D eigenvalue weighted by atomic mass is 10.2. The first-order chi connectivity index (χ1) is 4.88. The van der Waals surface area contributed by atoms with E-state index >= 15 is 0 Å². The standard InChI is InChI=1S/C7H6N2O/c8-7-6-3-9-2-1-5(6)4-10-7/h1-3,8H,4H2. The normalized spacial score (nSPS) is 14.6. The van der Waals surface area contributed by atoms with Crippen molar-refractivity contribution in [2.45, 2.75) is 6.61 Å². The number of ether oxygens (including phenoxy) is 1. The number of aromatic nitrogens is 1. The Labute approximate surface area is 58.2 Å². The summed E-state index contributed by atoms with van der Waals surface area (Å²) in [5.41, 5.74) is 1.88. The fraction of sp³-hybridized carbons (Fsp3) is 0.143. The smallest absolute Gasteiger partial charge is 0.215 e. The largest absolute Gasteiger partial charge is 0.473 e. The molecule has 0 saturated heterocycles. The Bertz CT molecular complexity index is 283. The molecule has 10 heavy (non-hydrogen) atoms. The van der Waals surface area contributed by atoms with Gasteiger partial charge in [0.05, 0.1) is 5.56 Å². The summed E-state index contributed by atoms with van der Waals surface area (Å²) in [5.74, 6) is 0.239. The van der Waals surface area contributed by atoms with Crippen LogP contribution in [-0.2, 0) is 11.3 Å². The molecule has 0 amide bonds. The first kappa shape index (κ1) is 5.41. The van der Waals surface area contributed by atoms with Crippen LogP contribution in [0.4, 0.5) is 0 Å². The summed E-state index contributed by atoms with van der Waals surface area (Å²) in [6, 6.07) is 1.87. The number of hydrogen-bond acceptors (Lipinski definition) is 3. The third-order valence-electron chi connectivity index (χ3n) is 1.53. The van der Waals surface area contributed by atoms with Gasteiger partial charge in [0.15, 0.2) is 0 Å². The minimum atomic E-state index is 0.239. The van der Waals surface area contributed by atoms with E-state index in [1.165, 1.54) is 0 Å². The molecule has 0 bridgehead atoms. The highest BCUT2D eigenvalue weighted by molar-refractivity contribution is 5.94. The molecule has 1 aromatic heterocycles. The molecule has 3 heteroatoms. The zero-order valence-electron chi connectivity index (χ0n) is 5.29. The van der Waals surface area contributed by atoms with Gasteiger partial charge in [-0.05, 0) is 6.07 Å². The minimum Gasteiger partial charge on any atom is -0.473 e. The molecule has 1 aromatic rings. The molecular weight excluding hydrogens is 128 g/mol. The quantitative estimate of drug-likeness (QED) is 0.573. The summed E-state index contributed by atoms with van der Waals surface area (Å²) < 4.78 is 4.97. The predicted molar refractivity (Wildman–Crippen MR) is 35.9 cm³/mol. The number of nitrogens with zero attached hydrogens (tertiary/aromatic N) is 1. The van der Waals surface area contributed by atoms with E-state index in [9.17, 15) is 0 Å². The van der Waals surface area contributed by atoms with Crippen molar-refractivity contribution in [1.82, 2.24) is 4.98 Å². The number of hydrogen-bond donors (Lipinski definition) is 1. The molecule has 50 valence electrons. The van der Waals surface area contributed by atoms with Gasteiger partial charge in [0, 0.05) is 18.0 Å². The summed E-state index contributed by atoms with van der Waals surface area (Å²) in [5, 5.41) is 7.27. The van der Waals surface area contributed by atoms with Gasteiger partial charge in [-0.2, -0.15) is 0 Å². The zero-order chi connectivity index (χ0) is 6.97. The van der Waals surface area contributed by atoms with E-state index in [1.807, 2.05) is 6.07 Å². The summed E-state index contributed by atoms with van der Waals surface area (Å²) >= 11 is 0. The molecule has 0 atom stereocenters. The van der Waals surface area contributed by atoms with Crippen LogP contribution in [0.15, 0.2) is 18.5 Å². The number of pyridine rings is 1. The Balaban J connectivity index is 2.61. The second-order valence-electron chi connectivity index (χ2n) is 2.15. The van der Waals surface area contributed by atoms with E-state index < -0.39 is 0 Å². The maximum absolute atomic E-state index is 7.27. The fourth-order valence-corrected chi connectivity index (χ4v) is 0.981. The summed E-state index contributed by atoms with van der Waals surface area (Å²) in [4.78, 5) is 3.89. The zero-order valence-corrected chi connectivity index (χ0v) is 5.29. The predicted octanol–water partition coefficient (Wildman–Crippen LogP) is 0.937. The van der Waals surface area contributed by atoms with Crippen LogP contribution >= 0.6 is 0 Å². The van der Waals surface area contributed by atoms with E-state index in [0.29, 0.717) is 6.61 Å². The van der Waals surface area contributed by atoms with Crippen LogP contribution in [0.3, 0.4) is 0 Å². The van der Waals surface area contributed by atoms with Gasteiger partial charge in [-0.1, -0.05) is 0 Å². The molecular formula is C7H6N2O. The Hall–Kier alpha value is -1.38. The maximum atomic E-state index is 7.27. The lowest BCUT2D eigenvalue weighted by Crippen LogP contribution is -1.93. The molecule has 1 aliphatic heterocycles. The van der Waals surface area contributed by atoms with E-state index in [4.69, 9.17) is 10.1 Å². The number of rotatable bonds is 0.